The van der Waals surface area contributed by atoms with E-state index in [9.17, 15) is 14.4 Å². The second-order valence-electron chi connectivity index (χ2n) is 4.06. The van der Waals surface area contributed by atoms with Gasteiger partial charge in [-0.05, 0) is 19.1 Å². The highest BCUT2D eigenvalue weighted by molar-refractivity contribution is 5.93. The van der Waals surface area contributed by atoms with Crippen molar-refractivity contribution in [1.29, 1.82) is 0 Å². The van der Waals surface area contributed by atoms with Gasteiger partial charge < -0.3 is 10.1 Å². The Bertz CT molecular complexity index is 677. The third-order valence-electron chi connectivity index (χ3n) is 2.44. The standard InChI is InChI=1S/C13H13N3O4/c1-8(20-9-5-3-2-4-6-9)12(18)14-10-7-11(17)16-13(19)15-10/h2-8H,1H3,(H3,14,15,16,17,18,19). The normalized spacial score (nSPS) is 11.7. The van der Waals surface area contributed by atoms with Gasteiger partial charge >= 0.3 is 5.69 Å². The molecule has 0 spiro atoms. The van der Waals surface area contributed by atoms with Crippen LogP contribution < -0.4 is 21.3 Å². The lowest BCUT2D eigenvalue weighted by molar-refractivity contribution is -0.122. The van der Waals surface area contributed by atoms with Gasteiger partial charge in [0.15, 0.2) is 6.10 Å². The highest BCUT2D eigenvalue weighted by atomic mass is 16.5. The van der Waals surface area contributed by atoms with Gasteiger partial charge in [-0.2, -0.15) is 0 Å². The van der Waals surface area contributed by atoms with Crippen molar-refractivity contribution >= 4 is 11.7 Å². The van der Waals surface area contributed by atoms with E-state index < -0.39 is 23.3 Å². The lowest BCUT2D eigenvalue weighted by Crippen LogP contribution is -2.32. The molecule has 0 fully saturated rings. The van der Waals surface area contributed by atoms with E-state index in [0.717, 1.165) is 6.07 Å². The Balaban J connectivity index is 2.04. The Morgan fingerprint density at radius 2 is 1.90 bits per heavy atom. The smallest absolute Gasteiger partial charge is 0.327 e. The predicted molar refractivity (Wildman–Crippen MR) is 72.8 cm³/mol. The van der Waals surface area contributed by atoms with Crippen molar-refractivity contribution in [2.75, 3.05) is 5.32 Å². The highest BCUT2D eigenvalue weighted by Gasteiger charge is 2.15. The van der Waals surface area contributed by atoms with E-state index in [0.29, 0.717) is 5.75 Å². The number of amides is 1. The van der Waals surface area contributed by atoms with Crippen LogP contribution in [0.4, 0.5) is 5.82 Å². The number of carbonyl (C=O) groups is 1. The monoisotopic (exact) mass is 275 g/mol. The molecule has 1 heterocycles. The van der Waals surface area contributed by atoms with Gasteiger partial charge in [0.05, 0.1) is 0 Å². The molecule has 0 aliphatic heterocycles. The summed E-state index contributed by atoms with van der Waals surface area (Å²) in [4.78, 5) is 38.3. The second kappa shape index (κ2) is 5.87. The van der Waals surface area contributed by atoms with E-state index in [1.807, 2.05) is 11.1 Å². The van der Waals surface area contributed by atoms with Crippen LogP contribution >= 0.6 is 0 Å². The summed E-state index contributed by atoms with van der Waals surface area (Å²) in [6, 6.07) is 9.92. The van der Waals surface area contributed by atoms with Crippen molar-refractivity contribution in [1.82, 2.24) is 9.97 Å². The van der Waals surface area contributed by atoms with Crippen LogP contribution in [-0.2, 0) is 4.79 Å². The quantitative estimate of drug-likeness (QED) is 0.754. The molecule has 3 N–H and O–H groups in total. The SMILES string of the molecule is CC(Oc1ccccc1)C(=O)Nc1cc(=O)[nH]c(=O)[nH]1. The van der Waals surface area contributed by atoms with Gasteiger partial charge in [-0.25, -0.2) is 4.79 Å². The molecule has 7 heteroatoms. The molecule has 0 aliphatic rings. The predicted octanol–water partition coefficient (Wildman–Crippen LogP) is 0.469. The maximum Gasteiger partial charge on any atom is 0.327 e. The lowest BCUT2D eigenvalue weighted by atomic mass is 10.3. The van der Waals surface area contributed by atoms with E-state index in [4.69, 9.17) is 4.74 Å². The molecule has 1 atom stereocenters. The van der Waals surface area contributed by atoms with Crippen molar-refractivity contribution in [3.8, 4) is 5.75 Å². The molecule has 1 aromatic heterocycles. The number of H-pyrrole nitrogens is 2. The molecule has 2 aromatic rings. The molecular weight excluding hydrogens is 262 g/mol. The summed E-state index contributed by atoms with van der Waals surface area (Å²) < 4.78 is 5.42. The number of carbonyl (C=O) groups excluding carboxylic acids is 1. The Hall–Kier alpha value is -2.83. The Kier molecular flexibility index (Phi) is 3.99. The van der Waals surface area contributed by atoms with E-state index in [-0.39, 0.29) is 5.82 Å². The lowest BCUT2D eigenvalue weighted by Gasteiger charge is -2.14. The molecule has 0 aliphatic carbocycles. The molecule has 1 aromatic carbocycles. The second-order valence-corrected chi connectivity index (χ2v) is 4.06. The summed E-state index contributed by atoms with van der Waals surface area (Å²) in [6.45, 7) is 1.56. The van der Waals surface area contributed by atoms with Crippen LogP contribution in [0.15, 0.2) is 46.0 Å². The first-order valence-corrected chi connectivity index (χ1v) is 5.91. The van der Waals surface area contributed by atoms with Gasteiger partial charge in [-0.15, -0.1) is 0 Å². The fourth-order valence-corrected chi connectivity index (χ4v) is 1.53. The highest BCUT2D eigenvalue weighted by Crippen LogP contribution is 2.11. The molecule has 1 unspecified atom stereocenters. The Labute approximate surface area is 113 Å². The molecule has 104 valence electrons. The van der Waals surface area contributed by atoms with Gasteiger partial charge in [0.25, 0.3) is 11.5 Å². The summed E-state index contributed by atoms with van der Waals surface area (Å²) in [5.41, 5.74) is -1.29. The number of anilines is 1. The number of rotatable bonds is 4. The topological polar surface area (TPSA) is 104 Å². The number of hydrogen-bond donors (Lipinski definition) is 3. The van der Waals surface area contributed by atoms with Crippen LogP contribution in [0.2, 0.25) is 0 Å². The van der Waals surface area contributed by atoms with Crippen LogP contribution in [-0.4, -0.2) is 22.0 Å². The van der Waals surface area contributed by atoms with E-state index in [2.05, 4.69) is 10.3 Å². The summed E-state index contributed by atoms with van der Waals surface area (Å²) >= 11 is 0. The minimum Gasteiger partial charge on any atom is -0.481 e. The van der Waals surface area contributed by atoms with Crippen LogP contribution in [0.5, 0.6) is 5.75 Å². The maximum atomic E-state index is 11.9. The van der Waals surface area contributed by atoms with E-state index in [1.165, 1.54) is 0 Å². The third-order valence-corrected chi connectivity index (χ3v) is 2.44. The van der Waals surface area contributed by atoms with Crippen molar-refractivity contribution in [2.24, 2.45) is 0 Å². The van der Waals surface area contributed by atoms with Gasteiger partial charge in [0, 0.05) is 6.07 Å². The summed E-state index contributed by atoms with van der Waals surface area (Å²) in [7, 11) is 0. The molecular formula is C13H13N3O4. The van der Waals surface area contributed by atoms with Crippen molar-refractivity contribution < 1.29 is 9.53 Å². The van der Waals surface area contributed by atoms with Crippen LogP contribution in [0.3, 0.4) is 0 Å². The largest absolute Gasteiger partial charge is 0.481 e. The number of ether oxygens (including phenoxy) is 1. The first-order chi connectivity index (χ1) is 9.54. The minimum absolute atomic E-state index is 0.0206. The van der Waals surface area contributed by atoms with Crippen LogP contribution in [0.1, 0.15) is 6.92 Å². The first kappa shape index (κ1) is 13.6. The molecule has 0 bridgehead atoms. The molecule has 0 saturated carbocycles. The average Bonchev–Trinajstić information content (AvgIpc) is 2.38. The maximum absolute atomic E-state index is 11.9. The first-order valence-electron chi connectivity index (χ1n) is 5.91. The molecule has 1 amide bonds. The summed E-state index contributed by atoms with van der Waals surface area (Å²) in [5.74, 6) is 0.0944. The summed E-state index contributed by atoms with van der Waals surface area (Å²) in [6.07, 6.45) is -0.778. The molecule has 0 saturated heterocycles. The number of aromatic nitrogens is 2. The van der Waals surface area contributed by atoms with Gasteiger partial charge in [0.1, 0.15) is 11.6 Å². The van der Waals surface area contributed by atoms with Gasteiger partial charge in [0.2, 0.25) is 0 Å². The van der Waals surface area contributed by atoms with Crippen LogP contribution in [0.25, 0.3) is 0 Å². The number of benzene rings is 1. The average molecular weight is 275 g/mol. The zero-order valence-electron chi connectivity index (χ0n) is 10.7. The third kappa shape index (κ3) is 3.58. The number of para-hydroxylation sites is 1. The molecule has 0 radical (unpaired) electrons. The Morgan fingerprint density at radius 3 is 2.55 bits per heavy atom. The van der Waals surface area contributed by atoms with Gasteiger partial charge in [-0.3, -0.25) is 19.6 Å². The zero-order valence-corrected chi connectivity index (χ0v) is 10.7. The fraction of sp³-hybridized carbons (Fsp3) is 0.154. The molecule has 7 nitrogen and oxygen atoms in total. The number of aromatic amines is 2. The number of nitrogens with one attached hydrogen (secondary N) is 3. The van der Waals surface area contributed by atoms with Crippen molar-refractivity contribution in [3.63, 3.8) is 0 Å². The minimum atomic E-state index is -0.778. The fourth-order valence-electron chi connectivity index (χ4n) is 1.53. The van der Waals surface area contributed by atoms with Crippen molar-refractivity contribution in [2.45, 2.75) is 13.0 Å². The van der Waals surface area contributed by atoms with Crippen molar-refractivity contribution in [3.05, 3.63) is 57.2 Å². The molecule has 20 heavy (non-hydrogen) atoms. The number of hydrogen-bond acceptors (Lipinski definition) is 4. The zero-order chi connectivity index (χ0) is 14.5. The summed E-state index contributed by atoms with van der Waals surface area (Å²) in [5, 5.41) is 2.40. The molecule has 2 rings (SSSR count). The van der Waals surface area contributed by atoms with E-state index >= 15 is 0 Å². The van der Waals surface area contributed by atoms with Gasteiger partial charge in [-0.1, -0.05) is 18.2 Å². The van der Waals surface area contributed by atoms with E-state index in [1.54, 1.807) is 31.2 Å². The Morgan fingerprint density at radius 1 is 1.20 bits per heavy atom. The van der Waals surface area contributed by atoms with Crippen LogP contribution in [0, 0.1) is 0 Å².